The molecule has 1 aliphatic heterocycles. The quantitative estimate of drug-likeness (QED) is 0.521. The Morgan fingerprint density at radius 1 is 0.921 bits per heavy atom. The van der Waals surface area contributed by atoms with Gasteiger partial charge in [0, 0.05) is 36.6 Å². The topological polar surface area (TPSA) is 90.0 Å². The Hall–Kier alpha value is -3.36. The van der Waals surface area contributed by atoms with Gasteiger partial charge in [-0.2, -0.15) is 0 Å². The summed E-state index contributed by atoms with van der Waals surface area (Å²) in [7, 11) is 0. The predicted molar refractivity (Wildman–Crippen MR) is 141 cm³/mol. The number of benzene rings is 1. The number of alkyl carbamates (subject to hydrolysis) is 1. The van der Waals surface area contributed by atoms with Crippen molar-refractivity contribution in [3.05, 3.63) is 47.8 Å². The summed E-state index contributed by atoms with van der Waals surface area (Å²) in [4.78, 5) is 31.4. The van der Waals surface area contributed by atoms with E-state index >= 15 is 0 Å². The van der Waals surface area contributed by atoms with Crippen LogP contribution in [0.15, 0.2) is 36.4 Å². The van der Waals surface area contributed by atoms with Gasteiger partial charge >= 0.3 is 12.2 Å². The second-order valence-electron chi connectivity index (χ2n) is 12.6. The third-order valence-corrected chi connectivity index (χ3v) is 6.50. The average molecular weight is 528 g/mol. The number of fused-ring (bicyclic) bond motifs is 1. The highest BCUT2D eigenvalue weighted by Crippen LogP contribution is 2.48. The fraction of sp³-hybridized carbons (Fsp3) is 0.552. The smallest absolute Gasteiger partial charge is 0.410 e. The third-order valence-electron chi connectivity index (χ3n) is 6.50. The summed E-state index contributed by atoms with van der Waals surface area (Å²) in [5.41, 5.74) is 0.0829. The van der Waals surface area contributed by atoms with Gasteiger partial charge < -0.3 is 24.4 Å². The second kappa shape index (κ2) is 9.75. The summed E-state index contributed by atoms with van der Waals surface area (Å²) >= 11 is 0. The Kier molecular flexibility index (Phi) is 7.10. The van der Waals surface area contributed by atoms with Crippen LogP contribution in [0.3, 0.4) is 0 Å². The first-order chi connectivity index (χ1) is 17.5. The highest BCUT2D eigenvalue weighted by atomic mass is 19.1. The molecule has 0 radical (unpaired) electrons. The zero-order chi connectivity index (χ0) is 28.0. The lowest BCUT2D eigenvalue weighted by atomic mass is 9.93. The Balaban J connectivity index is 1.53. The number of rotatable bonds is 5. The maximum atomic E-state index is 13.6. The van der Waals surface area contributed by atoms with E-state index in [-0.39, 0.29) is 29.9 Å². The van der Waals surface area contributed by atoms with Crippen molar-refractivity contribution in [2.24, 2.45) is 11.8 Å². The van der Waals surface area contributed by atoms with Crippen molar-refractivity contribution in [2.45, 2.75) is 78.2 Å². The van der Waals surface area contributed by atoms with Crippen LogP contribution in [-0.4, -0.2) is 52.5 Å². The summed E-state index contributed by atoms with van der Waals surface area (Å²) in [5, 5.41) is 2.93. The maximum Gasteiger partial charge on any atom is 0.410 e. The molecular weight excluding hydrogens is 489 g/mol. The molecule has 8 nitrogen and oxygen atoms in total. The van der Waals surface area contributed by atoms with Gasteiger partial charge in [-0.1, -0.05) is 0 Å². The van der Waals surface area contributed by atoms with Gasteiger partial charge in [0.25, 0.3) is 0 Å². The molecule has 206 valence electrons. The molecule has 4 rings (SSSR count). The minimum Gasteiger partial charge on any atom is -0.474 e. The summed E-state index contributed by atoms with van der Waals surface area (Å²) in [6.45, 7) is 15.9. The minimum absolute atomic E-state index is 0.0700. The number of aromatic nitrogens is 1. The number of amides is 2. The molecular formula is C29H38FN3O5. The van der Waals surface area contributed by atoms with E-state index in [0.717, 1.165) is 11.1 Å². The molecule has 0 spiro atoms. The molecule has 0 bridgehead atoms. The average Bonchev–Trinajstić information content (AvgIpc) is 3.19. The van der Waals surface area contributed by atoms with Gasteiger partial charge in [0.05, 0.1) is 11.2 Å². The lowest BCUT2D eigenvalue weighted by molar-refractivity contribution is 0.0252. The molecule has 2 heterocycles. The number of likely N-dealkylation sites (tertiary alicyclic amines) is 1. The van der Waals surface area contributed by atoms with Crippen molar-refractivity contribution >= 4 is 12.2 Å². The Morgan fingerprint density at radius 2 is 1.50 bits per heavy atom. The Bertz CT molecular complexity index is 1190. The first-order valence-corrected chi connectivity index (χ1v) is 12.9. The minimum atomic E-state index is -0.814. The molecule has 2 aromatic rings. The molecule has 1 aliphatic carbocycles. The van der Waals surface area contributed by atoms with Gasteiger partial charge in [0.2, 0.25) is 5.88 Å². The Morgan fingerprint density at radius 3 is 2.05 bits per heavy atom. The monoisotopic (exact) mass is 527 g/mol. The lowest BCUT2D eigenvalue weighted by Crippen LogP contribution is -2.43. The molecule has 1 aromatic carbocycles. The zero-order valence-corrected chi connectivity index (χ0v) is 23.4. The first-order valence-electron chi connectivity index (χ1n) is 12.9. The van der Waals surface area contributed by atoms with Gasteiger partial charge in [0.1, 0.15) is 23.1 Å². The number of nitrogens with zero attached hydrogens (tertiary/aromatic N) is 2. The van der Waals surface area contributed by atoms with Crippen molar-refractivity contribution in [1.29, 1.82) is 0 Å². The van der Waals surface area contributed by atoms with Crippen LogP contribution in [0.5, 0.6) is 5.88 Å². The van der Waals surface area contributed by atoms with Crippen LogP contribution in [0.2, 0.25) is 0 Å². The molecule has 1 aromatic heterocycles. The number of nitrogens with one attached hydrogen (secondary N) is 1. The van der Waals surface area contributed by atoms with Crippen molar-refractivity contribution in [3.63, 3.8) is 0 Å². The molecule has 38 heavy (non-hydrogen) atoms. The van der Waals surface area contributed by atoms with E-state index in [1.165, 1.54) is 12.1 Å². The van der Waals surface area contributed by atoms with Crippen molar-refractivity contribution < 1.29 is 28.2 Å². The van der Waals surface area contributed by atoms with Crippen LogP contribution in [0.25, 0.3) is 11.3 Å². The first kappa shape index (κ1) is 27.7. The molecule has 3 atom stereocenters. The van der Waals surface area contributed by atoms with Crippen LogP contribution in [0.1, 0.15) is 61.0 Å². The number of hydrogen-bond acceptors (Lipinski definition) is 6. The van der Waals surface area contributed by atoms with E-state index < -0.39 is 22.8 Å². The van der Waals surface area contributed by atoms with Crippen LogP contribution in [0.4, 0.5) is 14.0 Å². The van der Waals surface area contributed by atoms with E-state index in [4.69, 9.17) is 19.2 Å². The largest absolute Gasteiger partial charge is 0.474 e. The number of ether oxygens (including phenoxy) is 3. The number of pyridine rings is 1. The van der Waals surface area contributed by atoms with Crippen LogP contribution in [0, 0.1) is 17.7 Å². The van der Waals surface area contributed by atoms with Crippen molar-refractivity contribution in [3.8, 4) is 17.1 Å². The van der Waals surface area contributed by atoms with Gasteiger partial charge in [-0.05, 0) is 91.3 Å². The molecule has 1 unspecified atom stereocenters. The normalized spacial score (nSPS) is 21.0. The SMILES string of the molecule is CC(C)(C)OC(=O)NC(C)(C)c1cc(OC2[C@H]3CN(C(=O)OC(C)(C)C)C[C@@H]23)nc(-c2ccc(F)cc2)c1. The van der Waals surface area contributed by atoms with Crippen LogP contribution >= 0.6 is 0 Å². The molecule has 9 heteroatoms. The zero-order valence-electron chi connectivity index (χ0n) is 23.4. The number of halogens is 1. The third kappa shape index (κ3) is 6.74. The van der Waals surface area contributed by atoms with Crippen molar-refractivity contribution in [1.82, 2.24) is 15.2 Å². The highest BCUT2D eigenvalue weighted by molar-refractivity contribution is 5.70. The number of piperidine rings is 1. The maximum absolute atomic E-state index is 13.6. The molecule has 2 aliphatic rings. The molecule has 1 saturated heterocycles. The summed E-state index contributed by atoms with van der Waals surface area (Å²) in [6, 6.07) is 9.74. The van der Waals surface area contributed by atoms with Gasteiger partial charge in [0.15, 0.2) is 0 Å². The van der Waals surface area contributed by atoms with Gasteiger partial charge in [-0.3, -0.25) is 0 Å². The van der Waals surface area contributed by atoms with Crippen LogP contribution < -0.4 is 10.1 Å². The van der Waals surface area contributed by atoms with E-state index in [1.807, 2.05) is 46.8 Å². The highest BCUT2D eigenvalue weighted by Gasteiger charge is 2.59. The van der Waals surface area contributed by atoms with E-state index in [2.05, 4.69) is 5.32 Å². The Labute approximate surface area is 223 Å². The molecule has 1 N–H and O–H groups in total. The summed E-state index contributed by atoms with van der Waals surface area (Å²) < 4.78 is 30.8. The molecule has 1 saturated carbocycles. The molecule has 2 fully saturated rings. The van der Waals surface area contributed by atoms with Gasteiger partial charge in [-0.25, -0.2) is 19.0 Å². The van der Waals surface area contributed by atoms with E-state index in [1.54, 1.807) is 37.8 Å². The fourth-order valence-electron chi connectivity index (χ4n) is 4.59. The summed E-state index contributed by atoms with van der Waals surface area (Å²) in [5.74, 6) is 0.475. The van der Waals surface area contributed by atoms with Crippen LogP contribution in [-0.2, 0) is 15.0 Å². The second-order valence-corrected chi connectivity index (χ2v) is 12.6. The standard InChI is InChI=1S/C29H38FN3O5/c1-27(2,3)37-25(34)32-29(7,8)18-13-22(17-9-11-19(30)12-10-17)31-23(14-18)36-24-20-15-33(16-21(20)24)26(35)38-28(4,5)6/h9-14,20-21,24H,15-16H2,1-8H3,(H,32,34)/t20-,21+,24?. The van der Waals surface area contributed by atoms with E-state index in [9.17, 15) is 14.0 Å². The van der Waals surface area contributed by atoms with E-state index in [0.29, 0.717) is 24.7 Å². The number of carbonyl (C=O) groups is 2. The van der Waals surface area contributed by atoms with Gasteiger partial charge in [-0.15, -0.1) is 0 Å². The summed E-state index contributed by atoms with van der Waals surface area (Å²) in [6.07, 6.45) is -0.916. The predicted octanol–water partition coefficient (Wildman–Crippen LogP) is 5.89. The fourth-order valence-corrected chi connectivity index (χ4v) is 4.59. The number of hydrogen-bond donors (Lipinski definition) is 1. The lowest BCUT2D eigenvalue weighted by Gasteiger charge is -2.29. The van der Waals surface area contributed by atoms with Crippen molar-refractivity contribution in [2.75, 3.05) is 13.1 Å². The molecule has 2 amide bonds. The number of carbonyl (C=O) groups excluding carboxylic acids is 2.